The highest BCUT2D eigenvalue weighted by molar-refractivity contribution is 6.05. The van der Waals surface area contributed by atoms with E-state index in [9.17, 15) is 24.0 Å². The molecule has 72 heavy (non-hydrogen) atoms. The number of hydrogen-bond donors (Lipinski definition) is 5. The molecule has 8 N–H and O–H groups in total. The number of fused-ring (bicyclic) bond motifs is 2. The van der Waals surface area contributed by atoms with Gasteiger partial charge in [-0.25, -0.2) is 9.97 Å². The molecule has 0 fully saturated rings. The molecule has 0 saturated heterocycles. The van der Waals surface area contributed by atoms with E-state index in [0.717, 1.165) is 5.56 Å². The van der Waals surface area contributed by atoms with E-state index < -0.39 is 23.8 Å². The first kappa shape index (κ1) is 53.0. The van der Waals surface area contributed by atoms with Gasteiger partial charge in [-0.2, -0.15) is 10.2 Å². The number of hydrogen-bond acceptors (Lipinski definition) is 14. The first-order chi connectivity index (χ1) is 34.7. The van der Waals surface area contributed by atoms with Gasteiger partial charge in [0.15, 0.2) is 0 Å². The monoisotopic (exact) mass is 986 g/mol. The van der Waals surface area contributed by atoms with Gasteiger partial charge in [0.05, 0.1) is 49.3 Å². The van der Waals surface area contributed by atoms with Crippen molar-refractivity contribution in [3.63, 3.8) is 0 Å². The molecule has 22 heteroatoms. The maximum Gasteiger partial charge on any atom is 0.276 e. The van der Waals surface area contributed by atoms with Gasteiger partial charge in [0.2, 0.25) is 23.7 Å². The molecular formula is C50H62N14O8. The number of aldehydes is 1. The van der Waals surface area contributed by atoms with Gasteiger partial charge in [-0.05, 0) is 102 Å². The Morgan fingerprint density at radius 1 is 0.764 bits per heavy atom. The number of aromatic nitrogens is 8. The topological polar surface area (TPSA) is 290 Å². The van der Waals surface area contributed by atoms with E-state index in [-0.39, 0.29) is 43.1 Å². The van der Waals surface area contributed by atoms with Crippen molar-refractivity contribution < 1.29 is 38.2 Å². The third-order valence-corrected chi connectivity index (χ3v) is 11.5. The van der Waals surface area contributed by atoms with Crippen LogP contribution in [-0.4, -0.2) is 121 Å². The summed E-state index contributed by atoms with van der Waals surface area (Å²) >= 11 is 0. The van der Waals surface area contributed by atoms with E-state index >= 15 is 0 Å². The summed E-state index contributed by atoms with van der Waals surface area (Å²) in [4.78, 5) is 76.5. The molecule has 0 saturated carbocycles. The number of imidazole rings is 2. The minimum absolute atomic E-state index is 0.130. The van der Waals surface area contributed by atoms with Gasteiger partial charge in [-0.15, -0.1) is 0 Å². The maximum atomic E-state index is 13.9. The van der Waals surface area contributed by atoms with E-state index in [1.165, 1.54) is 26.3 Å². The minimum Gasteiger partial charge on any atom is -0.497 e. The molecule has 7 aromatic rings. The number of carbonyl (C=O) groups excluding carboxylic acids is 5. The highest BCUT2D eigenvalue weighted by atomic mass is 16.5. The Labute approximate surface area is 416 Å². The Balaban J connectivity index is 0.00000418. The third-order valence-electron chi connectivity index (χ3n) is 11.5. The maximum absolute atomic E-state index is 13.9. The molecule has 0 bridgehead atoms. The fourth-order valence-electron chi connectivity index (χ4n) is 8.11. The number of ether oxygens (including phenoxy) is 3. The van der Waals surface area contributed by atoms with Crippen molar-refractivity contribution in [3.8, 4) is 17.2 Å². The Hall–Kier alpha value is -8.37. The molecule has 1 atom stereocenters. The van der Waals surface area contributed by atoms with Crippen molar-refractivity contribution in [1.82, 2.24) is 43.6 Å². The summed E-state index contributed by atoms with van der Waals surface area (Å²) in [6.07, 6.45) is 5.13. The van der Waals surface area contributed by atoms with E-state index in [2.05, 4.69) is 26.6 Å². The van der Waals surface area contributed by atoms with Gasteiger partial charge in [0.1, 0.15) is 46.0 Å². The highest BCUT2D eigenvalue weighted by Crippen LogP contribution is 2.33. The van der Waals surface area contributed by atoms with Crippen molar-refractivity contribution >= 4 is 63.9 Å². The van der Waals surface area contributed by atoms with Crippen molar-refractivity contribution in [1.29, 1.82) is 0 Å². The molecule has 0 aliphatic carbocycles. The summed E-state index contributed by atoms with van der Waals surface area (Å²) in [5.74, 6) is -0.143. The van der Waals surface area contributed by atoms with Crippen molar-refractivity contribution in [2.75, 3.05) is 52.1 Å². The molecule has 3 aromatic carbocycles. The Morgan fingerprint density at radius 3 is 1.81 bits per heavy atom. The summed E-state index contributed by atoms with van der Waals surface area (Å²) in [5, 5.41) is 14.7. The minimum atomic E-state index is -0.755. The van der Waals surface area contributed by atoms with Gasteiger partial charge in [0.25, 0.3) is 11.8 Å². The number of nitrogens with two attached hydrogens (primary N) is 3. The number of amides is 4. The number of aryl methyl sites for hydroxylation is 4. The Bertz CT molecular complexity index is 3110. The number of methoxy groups -OCH3 is 2. The van der Waals surface area contributed by atoms with Crippen LogP contribution in [0.3, 0.4) is 0 Å². The second-order valence-corrected chi connectivity index (χ2v) is 16.5. The van der Waals surface area contributed by atoms with Crippen molar-refractivity contribution in [2.24, 2.45) is 17.2 Å². The van der Waals surface area contributed by atoms with Crippen LogP contribution in [0.4, 0.5) is 11.9 Å². The predicted molar refractivity (Wildman–Crippen MR) is 273 cm³/mol. The van der Waals surface area contributed by atoms with Crippen LogP contribution < -0.4 is 42.0 Å². The molecule has 4 heterocycles. The molecule has 4 amide bonds. The largest absolute Gasteiger partial charge is 0.497 e. The lowest BCUT2D eigenvalue weighted by molar-refractivity contribution is -0.131. The zero-order valence-corrected chi connectivity index (χ0v) is 41.8. The molecule has 22 nitrogen and oxygen atoms in total. The lowest BCUT2D eigenvalue weighted by Crippen LogP contribution is -2.43. The lowest BCUT2D eigenvalue weighted by atomic mass is 10.1. The number of nitrogens with zero attached hydrogens (tertiary/aromatic N) is 9. The number of likely N-dealkylation sites (N-methyl/N-ethyl adjacent to an activating group) is 1. The van der Waals surface area contributed by atoms with Gasteiger partial charge in [-0.1, -0.05) is 24.3 Å². The van der Waals surface area contributed by atoms with Crippen molar-refractivity contribution in [3.05, 3.63) is 112 Å². The molecular weight excluding hydrogens is 925 g/mol. The average molecular weight is 987 g/mol. The average Bonchev–Trinajstić information content (AvgIpc) is 4.15. The molecule has 380 valence electrons. The van der Waals surface area contributed by atoms with Crippen LogP contribution in [-0.2, 0) is 37.4 Å². The summed E-state index contributed by atoms with van der Waals surface area (Å²) in [5.41, 5.74) is 21.5. The highest BCUT2D eigenvalue weighted by Gasteiger charge is 2.24. The molecule has 0 aliphatic heterocycles. The molecule has 4 aromatic heterocycles. The fourth-order valence-corrected chi connectivity index (χ4v) is 8.11. The number of primary amides is 1. The van der Waals surface area contributed by atoms with Crippen LogP contribution in [0.2, 0.25) is 0 Å². The Morgan fingerprint density at radius 2 is 1.31 bits per heavy atom. The Kier molecular flexibility index (Phi) is 17.6. The third kappa shape index (κ3) is 12.0. The fraction of sp³-hybridized carbons (Fsp3) is 0.340. The first-order valence-corrected chi connectivity index (χ1v) is 23.2. The van der Waals surface area contributed by atoms with Crippen LogP contribution >= 0.6 is 0 Å². The summed E-state index contributed by atoms with van der Waals surface area (Å²) < 4.78 is 24.0. The number of nitrogens with one attached hydrogen (secondary N) is 2. The molecule has 7 rings (SSSR count). The van der Waals surface area contributed by atoms with Crippen LogP contribution in [0.1, 0.15) is 78.9 Å². The van der Waals surface area contributed by atoms with Gasteiger partial charge >= 0.3 is 0 Å². The van der Waals surface area contributed by atoms with Crippen LogP contribution in [0, 0.1) is 13.8 Å². The SMILES string of the molecule is CCn1nc(C)cc1C(=O)Nc1nc2cc(C(N)=O)cc(OC)c2n1C/C=C/Cn1c(NC(=O)c2cc(C)nn2CC)nc2cc(C=O)cc(OCCCN(C)C(=O)C(N)Cc3ccc(OC)cc3)c21.CN. The van der Waals surface area contributed by atoms with Gasteiger partial charge < -0.3 is 45.4 Å². The standard InChI is InChI=1S/C49H57N13O8.CH5N/c1-8-61-38(21-29(3)56-61)45(65)54-48-52-36-24-32(28-63)25-41(70-20-12-17-58(5)47(67)35(50)23-31-13-15-34(68-6)16-14-31)43(36)60(48)19-11-10-18-59-42-37(26-33(44(51)64)27-40(42)69-7)53-49(59)55-46(66)39-22-30(4)57-62(39)9-2;1-2/h10-11,13-16,21-22,24-28,35H,8-9,12,17-20,23,50H2,1-7H3,(H2,51,64)(H,52,54,65)(H,53,55,66);2H2,1H3/b11-10+;. The number of benzene rings is 3. The molecule has 0 radical (unpaired) electrons. The smallest absolute Gasteiger partial charge is 0.276 e. The molecule has 0 spiro atoms. The summed E-state index contributed by atoms with van der Waals surface area (Å²) in [6, 6.07) is 16.2. The lowest BCUT2D eigenvalue weighted by Gasteiger charge is -2.21. The summed E-state index contributed by atoms with van der Waals surface area (Å²) in [7, 11) is 6.23. The van der Waals surface area contributed by atoms with E-state index in [4.69, 9.17) is 35.6 Å². The number of anilines is 2. The number of allylic oxidation sites excluding steroid dienone is 2. The summed E-state index contributed by atoms with van der Waals surface area (Å²) in [6.45, 7) is 9.03. The van der Waals surface area contributed by atoms with E-state index in [0.29, 0.717) is 106 Å². The van der Waals surface area contributed by atoms with Gasteiger partial charge in [-0.3, -0.25) is 44.0 Å². The quantitative estimate of drug-likeness (QED) is 0.0355. The predicted octanol–water partition coefficient (Wildman–Crippen LogP) is 4.50. The van der Waals surface area contributed by atoms with Crippen molar-refractivity contribution in [2.45, 2.75) is 72.8 Å². The van der Waals surface area contributed by atoms with E-state index in [1.807, 2.05) is 50.3 Å². The second-order valence-electron chi connectivity index (χ2n) is 16.5. The first-order valence-electron chi connectivity index (χ1n) is 23.2. The number of carbonyl (C=O) groups is 5. The number of rotatable bonds is 22. The van der Waals surface area contributed by atoms with E-state index in [1.54, 1.807) is 75.7 Å². The van der Waals surface area contributed by atoms with Crippen LogP contribution in [0.25, 0.3) is 22.1 Å². The zero-order valence-electron chi connectivity index (χ0n) is 41.8. The molecule has 1 unspecified atom stereocenters. The zero-order chi connectivity index (χ0) is 52.2. The molecule has 0 aliphatic rings. The van der Waals surface area contributed by atoms with Crippen LogP contribution in [0.5, 0.6) is 17.2 Å². The van der Waals surface area contributed by atoms with Crippen LogP contribution in [0.15, 0.2) is 72.8 Å². The normalized spacial score (nSPS) is 11.6. The van der Waals surface area contributed by atoms with Gasteiger partial charge in [0, 0.05) is 50.9 Å². The second kappa shape index (κ2) is 24.0.